The molecule has 1 fully saturated rings. The van der Waals surface area contributed by atoms with Gasteiger partial charge in [-0.15, -0.1) is 0 Å². The molecule has 0 radical (unpaired) electrons. The molecule has 0 unspecified atom stereocenters. The van der Waals surface area contributed by atoms with Crippen molar-refractivity contribution in [1.82, 2.24) is 9.80 Å². The minimum Gasteiger partial charge on any atom is -0.491 e. The predicted molar refractivity (Wildman–Crippen MR) is 141 cm³/mol. The molecule has 1 aliphatic carbocycles. The van der Waals surface area contributed by atoms with Crippen LogP contribution in [0.2, 0.25) is 0 Å². The Morgan fingerprint density at radius 3 is 2.56 bits per heavy atom. The summed E-state index contributed by atoms with van der Waals surface area (Å²) in [5, 5.41) is 2.96. The van der Waals surface area contributed by atoms with E-state index in [4.69, 9.17) is 9.47 Å². The van der Waals surface area contributed by atoms with E-state index < -0.39 is 0 Å². The molecule has 0 saturated heterocycles. The molecule has 36 heavy (non-hydrogen) atoms. The monoisotopic (exact) mass is 493 g/mol. The van der Waals surface area contributed by atoms with E-state index in [0.717, 1.165) is 24.6 Å². The van der Waals surface area contributed by atoms with E-state index in [1.807, 2.05) is 30.3 Å². The zero-order valence-electron chi connectivity index (χ0n) is 21.9. The highest BCUT2D eigenvalue weighted by Crippen LogP contribution is 2.32. The Morgan fingerprint density at radius 2 is 1.86 bits per heavy atom. The third-order valence-corrected chi connectivity index (χ3v) is 7.26. The van der Waals surface area contributed by atoms with Crippen LogP contribution in [0.4, 0.5) is 5.69 Å². The molecule has 2 aromatic carbocycles. The second-order valence-electron chi connectivity index (χ2n) is 10.4. The van der Waals surface area contributed by atoms with Gasteiger partial charge in [-0.2, -0.15) is 0 Å². The summed E-state index contributed by atoms with van der Waals surface area (Å²) in [7, 11) is 3.53. The molecule has 0 aromatic heterocycles. The van der Waals surface area contributed by atoms with E-state index in [0.29, 0.717) is 30.2 Å². The summed E-state index contributed by atoms with van der Waals surface area (Å²) >= 11 is 0. The number of nitrogens with one attached hydrogen (secondary N) is 1. The highest BCUT2D eigenvalue weighted by atomic mass is 16.5. The second kappa shape index (κ2) is 11.9. The maximum atomic E-state index is 13.4. The summed E-state index contributed by atoms with van der Waals surface area (Å²) in [6, 6.07) is 15.1. The Hall–Kier alpha value is -2.90. The highest BCUT2D eigenvalue weighted by Gasteiger charge is 2.31. The molecular formula is C29H39N3O4. The van der Waals surface area contributed by atoms with Crippen LogP contribution in [-0.2, 0) is 16.0 Å². The Balaban J connectivity index is 1.56. The zero-order valence-corrected chi connectivity index (χ0v) is 21.9. The average Bonchev–Trinajstić information content (AvgIpc) is 3.69. The number of carbonyl (C=O) groups is 2. The quantitative estimate of drug-likeness (QED) is 0.657. The SMILES string of the molecule is CO[C@H]1CN(C)C(=O)c2ccc(NC(=O)Cc3ccccc3)cc2OC[C@@H](C)N(CC2CC2)C[C@@H]1C. The number of carbonyl (C=O) groups excluding carboxylic acids is 2. The highest BCUT2D eigenvalue weighted by molar-refractivity contribution is 5.98. The lowest BCUT2D eigenvalue weighted by Gasteiger charge is -2.36. The number of nitrogens with zero attached hydrogens (tertiary/aromatic N) is 2. The molecule has 1 aliphatic heterocycles. The van der Waals surface area contributed by atoms with Gasteiger partial charge >= 0.3 is 0 Å². The Bertz CT molecular complexity index is 1040. The number of methoxy groups -OCH3 is 1. The van der Waals surface area contributed by atoms with Gasteiger partial charge in [-0.1, -0.05) is 37.3 Å². The van der Waals surface area contributed by atoms with Gasteiger partial charge in [0.05, 0.1) is 18.1 Å². The van der Waals surface area contributed by atoms with Gasteiger partial charge in [-0.25, -0.2) is 0 Å². The Kier molecular flexibility index (Phi) is 8.64. The van der Waals surface area contributed by atoms with Crippen LogP contribution in [0.15, 0.2) is 48.5 Å². The first kappa shape index (κ1) is 26.2. The maximum absolute atomic E-state index is 13.4. The predicted octanol–water partition coefficient (Wildman–Crippen LogP) is 4.08. The number of amides is 2. The minimum atomic E-state index is -0.121. The fraction of sp³-hybridized carbons (Fsp3) is 0.517. The van der Waals surface area contributed by atoms with Gasteiger partial charge in [0.2, 0.25) is 5.91 Å². The van der Waals surface area contributed by atoms with Crippen molar-refractivity contribution in [2.24, 2.45) is 11.8 Å². The zero-order chi connectivity index (χ0) is 25.7. The summed E-state index contributed by atoms with van der Waals surface area (Å²) < 4.78 is 12.1. The van der Waals surface area contributed by atoms with E-state index in [1.165, 1.54) is 12.8 Å². The molecule has 1 saturated carbocycles. The van der Waals surface area contributed by atoms with Crippen LogP contribution in [0.25, 0.3) is 0 Å². The van der Waals surface area contributed by atoms with E-state index in [-0.39, 0.29) is 36.3 Å². The molecule has 0 bridgehead atoms. The summed E-state index contributed by atoms with van der Waals surface area (Å²) in [4.78, 5) is 30.2. The van der Waals surface area contributed by atoms with Gasteiger partial charge < -0.3 is 19.7 Å². The Morgan fingerprint density at radius 1 is 1.11 bits per heavy atom. The number of fused-ring (bicyclic) bond motifs is 1. The van der Waals surface area contributed by atoms with Crippen LogP contribution in [0.1, 0.15) is 42.6 Å². The lowest BCUT2D eigenvalue weighted by atomic mass is 10.0. The summed E-state index contributed by atoms with van der Waals surface area (Å²) in [6.45, 7) is 7.29. The number of hydrogen-bond acceptors (Lipinski definition) is 5. The van der Waals surface area contributed by atoms with Crippen LogP contribution in [0.5, 0.6) is 5.75 Å². The van der Waals surface area contributed by atoms with Crippen molar-refractivity contribution in [2.75, 3.05) is 45.7 Å². The molecule has 3 atom stereocenters. The fourth-order valence-corrected chi connectivity index (χ4v) is 4.80. The van der Waals surface area contributed by atoms with E-state index in [1.54, 1.807) is 37.3 Å². The van der Waals surface area contributed by atoms with Gasteiger partial charge in [0.1, 0.15) is 12.4 Å². The molecule has 7 nitrogen and oxygen atoms in total. The van der Waals surface area contributed by atoms with Crippen LogP contribution >= 0.6 is 0 Å². The van der Waals surface area contributed by atoms with E-state index in [2.05, 4.69) is 24.1 Å². The van der Waals surface area contributed by atoms with Crippen LogP contribution < -0.4 is 10.1 Å². The second-order valence-corrected chi connectivity index (χ2v) is 10.4. The number of hydrogen-bond donors (Lipinski definition) is 1. The molecular weight excluding hydrogens is 454 g/mol. The first-order valence-corrected chi connectivity index (χ1v) is 13.0. The first-order valence-electron chi connectivity index (χ1n) is 13.0. The van der Waals surface area contributed by atoms with Crippen molar-refractivity contribution in [3.05, 3.63) is 59.7 Å². The average molecular weight is 494 g/mol. The number of rotatable bonds is 6. The smallest absolute Gasteiger partial charge is 0.257 e. The lowest BCUT2D eigenvalue weighted by Crippen LogP contribution is -2.47. The lowest BCUT2D eigenvalue weighted by molar-refractivity contribution is -0.115. The molecule has 194 valence electrons. The van der Waals surface area contributed by atoms with E-state index >= 15 is 0 Å². The third-order valence-electron chi connectivity index (χ3n) is 7.26. The molecule has 1 N–H and O–H groups in total. The number of likely N-dealkylation sites (N-methyl/N-ethyl adjacent to an activating group) is 1. The van der Waals surface area contributed by atoms with Crippen molar-refractivity contribution >= 4 is 17.5 Å². The van der Waals surface area contributed by atoms with Crippen molar-refractivity contribution in [3.63, 3.8) is 0 Å². The topological polar surface area (TPSA) is 71.1 Å². The van der Waals surface area contributed by atoms with Crippen molar-refractivity contribution in [1.29, 1.82) is 0 Å². The van der Waals surface area contributed by atoms with Gasteiger partial charge in [0.25, 0.3) is 5.91 Å². The molecule has 1 heterocycles. The fourth-order valence-electron chi connectivity index (χ4n) is 4.80. The van der Waals surface area contributed by atoms with E-state index in [9.17, 15) is 9.59 Å². The number of benzene rings is 2. The van der Waals surface area contributed by atoms with Crippen molar-refractivity contribution < 1.29 is 19.1 Å². The largest absolute Gasteiger partial charge is 0.491 e. The normalized spacial score (nSPS) is 23.7. The number of anilines is 1. The van der Waals surface area contributed by atoms with Crippen LogP contribution in [-0.4, -0.2) is 74.2 Å². The summed E-state index contributed by atoms with van der Waals surface area (Å²) in [6.07, 6.45) is 2.80. The molecule has 2 aliphatic rings. The minimum absolute atomic E-state index is 0.0619. The van der Waals surface area contributed by atoms with Gasteiger partial charge in [-0.3, -0.25) is 14.5 Å². The van der Waals surface area contributed by atoms with Crippen LogP contribution in [0.3, 0.4) is 0 Å². The van der Waals surface area contributed by atoms with Gasteiger partial charge in [-0.05, 0) is 49.3 Å². The van der Waals surface area contributed by atoms with Crippen molar-refractivity contribution in [2.45, 2.75) is 45.3 Å². The number of ether oxygens (including phenoxy) is 2. The van der Waals surface area contributed by atoms with Gasteiger partial charge in [0, 0.05) is 51.6 Å². The maximum Gasteiger partial charge on any atom is 0.257 e. The first-order chi connectivity index (χ1) is 17.3. The van der Waals surface area contributed by atoms with Crippen LogP contribution in [0, 0.1) is 11.8 Å². The molecule has 2 aromatic rings. The Labute approximate surface area is 214 Å². The summed E-state index contributed by atoms with van der Waals surface area (Å²) in [5.41, 5.74) is 2.05. The molecule has 0 spiro atoms. The molecule has 2 amide bonds. The molecule has 7 heteroatoms. The summed E-state index contributed by atoms with van der Waals surface area (Å²) in [5.74, 6) is 1.29. The van der Waals surface area contributed by atoms with Gasteiger partial charge in [0.15, 0.2) is 0 Å². The third kappa shape index (κ3) is 6.86. The standard InChI is InChI=1S/C29H39N3O4/c1-20-16-32(17-23-10-11-23)21(2)19-36-26-15-24(30-28(33)14-22-8-6-5-7-9-22)12-13-25(26)29(34)31(3)18-27(20)35-4/h5-9,12-13,15,20-21,23,27H,10-11,14,16-19H2,1-4H3,(H,30,33)/t20-,21+,27-/m0/s1. The van der Waals surface area contributed by atoms with Crippen molar-refractivity contribution in [3.8, 4) is 5.75 Å². The molecule has 4 rings (SSSR count).